The number of carbonyl (C=O) groups excluding carboxylic acids is 1. The number of nitrogens with one attached hydrogen (secondary N) is 2. The van der Waals surface area contributed by atoms with Crippen LogP contribution in [-0.2, 0) is 11.3 Å². The van der Waals surface area contributed by atoms with Gasteiger partial charge in [0.1, 0.15) is 12.8 Å². The maximum atomic E-state index is 13.2. The van der Waals surface area contributed by atoms with Crippen LogP contribution in [0.15, 0.2) is 42.6 Å². The Morgan fingerprint density at radius 3 is 2.55 bits per heavy atom. The number of carbonyl (C=O) groups is 1. The molecule has 3 heterocycles. The highest BCUT2D eigenvalue weighted by Gasteiger charge is 2.40. The van der Waals surface area contributed by atoms with Gasteiger partial charge in [-0.1, -0.05) is 30.3 Å². The molecule has 3 unspecified atom stereocenters. The summed E-state index contributed by atoms with van der Waals surface area (Å²) in [6.07, 6.45) is -0.436. The zero-order valence-electron chi connectivity index (χ0n) is 18.3. The summed E-state index contributed by atoms with van der Waals surface area (Å²) in [5.74, 6) is -1.61. The second-order valence-corrected chi connectivity index (χ2v) is 9.06. The Morgan fingerprint density at radius 2 is 1.94 bits per heavy atom. The summed E-state index contributed by atoms with van der Waals surface area (Å²) in [4.78, 5) is 18.2. The Labute approximate surface area is 191 Å². The van der Waals surface area contributed by atoms with Gasteiger partial charge in [0.2, 0.25) is 0 Å². The molecule has 1 aromatic heterocycles. The molecule has 0 aliphatic carbocycles. The van der Waals surface area contributed by atoms with Crippen LogP contribution in [0.2, 0.25) is 0 Å². The van der Waals surface area contributed by atoms with Crippen LogP contribution in [0.1, 0.15) is 30.2 Å². The number of aliphatic hydroxyl groups is 1. The molecule has 9 heteroatoms. The summed E-state index contributed by atoms with van der Waals surface area (Å²) >= 11 is 0. The molecule has 1 aromatic carbocycles. The van der Waals surface area contributed by atoms with Gasteiger partial charge in [-0.2, -0.15) is 8.78 Å². The van der Waals surface area contributed by atoms with Crippen LogP contribution in [0.4, 0.5) is 13.2 Å². The van der Waals surface area contributed by atoms with Crippen molar-refractivity contribution >= 4 is 5.91 Å². The third-order valence-corrected chi connectivity index (χ3v) is 6.72. The van der Waals surface area contributed by atoms with Crippen LogP contribution < -0.4 is 10.6 Å². The molecule has 0 bridgehead atoms. The number of aromatic nitrogens is 1. The number of likely N-dealkylation sites (tertiary alicyclic amines) is 1. The number of rotatable bonds is 8. The molecule has 33 heavy (non-hydrogen) atoms. The Hall–Kier alpha value is -2.49. The minimum Gasteiger partial charge on any atom is -0.386 e. The number of halogens is 3. The smallest absolute Gasteiger partial charge is 0.315 e. The monoisotopic (exact) mass is 462 g/mol. The van der Waals surface area contributed by atoms with E-state index in [1.165, 1.54) is 12.8 Å². The van der Waals surface area contributed by atoms with Gasteiger partial charge in [-0.05, 0) is 48.5 Å². The number of alkyl halides is 3. The fraction of sp³-hybridized carbons (Fsp3) is 0.500. The van der Waals surface area contributed by atoms with E-state index >= 15 is 0 Å². The van der Waals surface area contributed by atoms with Gasteiger partial charge in [0.25, 0.3) is 5.91 Å². The van der Waals surface area contributed by atoms with E-state index in [2.05, 4.69) is 15.2 Å². The van der Waals surface area contributed by atoms with Crippen LogP contribution in [0.25, 0.3) is 11.1 Å². The zero-order valence-corrected chi connectivity index (χ0v) is 18.3. The van der Waals surface area contributed by atoms with E-state index in [9.17, 15) is 23.1 Å². The molecule has 2 fully saturated rings. The number of aliphatic hydroxyl groups excluding tert-OH is 1. The number of amides is 1. The topological polar surface area (TPSA) is 77.5 Å². The molecule has 2 aliphatic heterocycles. The summed E-state index contributed by atoms with van der Waals surface area (Å²) in [7, 11) is 0. The lowest BCUT2D eigenvalue weighted by Gasteiger charge is -2.22. The molecule has 3 N–H and O–H groups in total. The van der Waals surface area contributed by atoms with E-state index in [-0.39, 0.29) is 0 Å². The number of hydrogen-bond donors (Lipinski definition) is 3. The quantitative estimate of drug-likeness (QED) is 0.563. The van der Waals surface area contributed by atoms with Gasteiger partial charge in [0.15, 0.2) is 0 Å². The first kappa shape index (κ1) is 23.7. The predicted octanol–water partition coefficient (Wildman–Crippen LogP) is 2.69. The SMILES string of the molecule is O=C(NC(CF)C(O)c1ccc(-c2ccc(CN3CCC4(CCNC4)C3)nc2)cc1)C(F)F. The first-order valence-corrected chi connectivity index (χ1v) is 11.2. The molecule has 1 spiro atoms. The highest BCUT2D eigenvalue weighted by molar-refractivity contribution is 5.79. The predicted molar refractivity (Wildman–Crippen MR) is 118 cm³/mol. The fourth-order valence-corrected chi connectivity index (χ4v) is 4.78. The van der Waals surface area contributed by atoms with E-state index in [0.29, 0.717) is 11.0 Å². The van der Waals surface area contributed by atoms with Crippen LogP contribution >= 0.6 is 0 Å². The minimum atomic E-state index is -3.27. The number of pyridine rings is 1. The van der Waals surface area contributed by atoms with Gasteiger partial charge >= 0.3 is 6.43 Å². The lowest BCUT2D eigenvalue weighted by molar-refractivity contribution is -0.133. The van der Waals surface area contributed by atoms with E-state index < -0.39 is 31.2 Å². The van der Waals surface area contributed by atoms with E-state index in [0.717, 1.165) is 49.5 Å². The van der Waals surface area contributed by atoms with Crippen LogP contribution in [0.3, 0.4) is 0 Å². The molecule has 178 valence electrons. The lowest BCUT2D eigenvalue weighted by Crippen LogP contribution is -2.43. The van der Waals surface area contributed by atoms with Crippen molar-refractivity contribution in [3.63, 3.8) is 0 Å². The summed E-state index contributed by atoms with van der Waals surface area (Å²) < 4.78 is 38.0. The summed E-state index contributed by atoms with van der Waals surface area (Å²) in [6, 6.07) is 9.23. The largest absolute Gasteiger partial charge is 0.386 e. The standard InChI is InChI=1S/C24H29F3N4O2/c25-11-20(30-23(33)22(26)27)21(32)17-3-1-16(2-4-17)18-5-6-19(29-12-18)13-31-10-8-24(15-31)7-9-28-14-24/h1-6,12,20-22,28,32H,7-11,13-15H2,(H,30,33). The highest BCUT2D eigenvalue weighted by Crippen LogP contribution is 2.36. The van der Waals surface area contributed by atoms with E-state index in [1.807, 2.05) is 17.4 Å². The van der Waals surface area contributed by atoms with E-state index in [4.69, 9.17) is 0 Å². The van der Waals surface area contributed by atoms with Crippen molar-refractivity contribution < 1.29 is 23.1 Å². The van der Waals surface area contributed by atoms with Gasteiger partial charge in [0.05, 0.1) is 11.7 Å². The second-order valence-electron chi connectivity index (χ2n) is 9.06. The Morgan fingerprint density at radius 1 is 1.18 bits per heavy atom. The molecule has 6 nitrogen and oxygen atoms in total. The van der Waals surface area contributed by atoms with E-state index in [1.54, 1.807) is 30.5 Å². The molecule has 0 radical (unpaired) electrons. The number of benzene rings is 1. The average Bonchev–Trinajstić information content (AvgIpc) is 3.46. The minimum absolute atomic E-state index is 0.324. The Kier molecular flexibility index (Phi) is 7.31. The molecule has 2 saturated heterocycles. The van der Waals surface area contributed by atoms with Gasteiger partial charge in [-0.3, -0.25) is 14.7 Å². The van der Waals surface area contributed by atoms with Crippen molar-refractivity contribution in [2.75, 3.05) is 32.9 Å². The Bertz CT molecular complexity index is 934. The fourth-order valence-electron chi connectivity index (χ4n) is 4.78. The second kappa shape index (κ2) is 10.2. The van der Waals surface area contributed by atoms with Crippen molar-refractivity contribution in [2.45, 2.75) is 38.0 Å². The van der Waals surface area contributed by atoms with Gasteiger partial charge in [0, 0.05) is 31.4 Å². The van der Waals surface area contributed by atoms with Crippen molar-refractivity contribution in [1.29, 1.82) is 0 Å². The van der Waals surface area contributed by atoms with Gasteiger partial charge in [-0.15, -0.1) is 0 Å². The summed E-state index contributed by atoms with van der Waals surface area (Å²) in [6.45, 7) is 4.06. The summed E-state index contributed by atoms with van der Waals surface area (Å²) in [5.41, 5.74) is 3.51. The normalized spacial score (nSPS) is 22.7. The molecular weight excluding hydrogens is 433 g/mol. The molecule has 4 rings (SSSR count). The first-order valence-electron chi connectivity index (χ1n) is 11.2. The Balaban J connectivity index is 1.36. The highest BCUT2D eigenvalue weighted by atomic mass is 19.3. The molecule has 2 aromatic rings. The molecule has 0 saturated carbocycles. The number of nitrogens with zero attached hydrogens (tertiary/aromatic N) is 2. The molecule has 3 atom stereocenters. The van der Waals surface area contributed by atoms with Gasteiger partial charge < -0.3 is 15.7 Å². The van der Waals surface area contributed by atoms with Crippen LogP contribution in [0.5, 0.6) is 0 Å². The van der Waals surface area contributed by atoms with Crippen molar-refractivity contribution in [3.8, 4) is 11.1 Å². The zero-order chi connectivity index (χ0) is 23.4. The molecule has 2 aliphatic rings. The maximum Gasteiger partial charge on any atom is 0.315 e. The van der Waals surface area contributed by atoms with Crippen molar-refractivity contribution in [1.82, 2.24) is 20.5 Å². The molecule has 1 amide bonds. The van der Waals surface area contributed by atoms with Gasteiger partial charge in [-0.25, -0.2) is 4.39 Å². The number of hydrogen-bond acceptors (Lipinski definition) is 5. The third kappa shape index (κ3) is 5.54. The average molecular weight is 463 g/mol. The first-order chi connectivity index (χ1) is 15.9. The maximum absolute atomic E-state index is 13.2. The molecular formula is C24H29F3N4O2. The summed E-state index contributed by atoms with van der Waals surface area (Å²) in [5, 5.41) is 15.6. The van der Waals surface area contributed by atoms with Crippen molar-refractivity contribution in [2.24, 2.45) is 5.41 Å². The lowest BCUT2D eigenvalue weighted by atomic mass is 9.87. The van der Waals surface area contributed by atoms with Crippen LogP contribution in [-0.4, -0.2) is 66.2 Å². The van der Waals surface area contributed by atoms with Crippen LogP contribution in [0, 0.1) is 5.41 Å². The third-order valence-electron chi connectivity index (χ3n) is 6.72. The van der Waals surface area contributed by atoms with Crippen molar-refractivity contribution in [3.05, 3.63) is 53.9 Å².